The van der Waals surface area contributed by atoms with E-state index in [-0.39, 0.29) is 0 Å². The van der Waals surface area contributed by atoms with Crippen LogP contribution in [-0.2, 0) is 19.1 Å². The number of hydrogen-bond donors (Lipinski definition) is 0. The van der Waals surface area contributed by atoms with Gasteiger partial charge in [0.05, 0.1) is 37.6 Å². The molecule has 3 aromatic rings. The molecular formula is C37H40O10. The Morgan fingerprint density at radius 3 is 1.55 bits per heavy atom. The van der Waals surface area contributed by atoms with E-state index in [1.807, 2.05) is 0 Å². The Balaban J connectivity index is 1.38. The minimum absolute atomic E-state index is 0.299. The number of unbranched alkanes of at least 4 members (excludes halogenated alkanes) is 4. The van der Waals surface area contributed by atoms with Gasteiger partial charge >= 0.3 is 23.9 Å². The third-order valence-corrected chi connectivity index (χ3v) is 6.67. The molecule has 0 N–H and O–H groups in total. The summed E-state index contributed by atoms with van der Waals surface area (Å²) in [6.45, 7) is 10.1. The van der Waals surface area contributed by atoms with Crippen molar-refractivity contribution >= 4 is 23.9 Å². The van der Waals surface area contributed by atoms with Crippen LogP contribution in [0.1, 0.15) is 64.8 Å². The topological polar surface area (TPSA) is 124 Å². The maximum atomic E-state index is 12.7. The number of esters is 4. The maximum absolute atomic E-state index is 12.7. The zero-order valence-corrected chi connectivity index (χ0v) is 26.6. The number of benzene rings is 3. The largest absolute Gasteiger partial charge is 0.494 e. The minimum Gasteiger partial charge on any atom is -0.494 e. The summed E-state index contributed by atoms with van der Waals surface area (Å²) in [5.41, 5.74) is 1.24. The van der Waals surface area contributed by atoms with Crippen molar-refractivity contribution in [1.29, 1.82) is 0 Å². The van der Waals surface area contributed by atoms with Gasteiger partial charge in [-0.3, -0.25) is 0 Å². The van der Waals surface area contributed by atoms with Crippen LogP contribution in [0.25, 0.3) is 0 Å². The molecule has 0 saturated carbocycles. The molecule has 0 aliphatic heterocycles. The molecule has 0 spiro atoms. The van der Waals surface area contributed by atoms with Gasteiger partial charge < -0.3 is 28.4 Å². The fraction of sp³-hybridized carbons (Fsp3) is 0.297. The van der Waals surface area contributed by atoms with Crippen molar-refractivity contribution in [2.24, 2.45) is 0 Å². The van der Waals surface area contributed by atoms with Crippen LogP contribution in [0.2, 0.25) is 0 Å². The highest BCUT2D eigenvalue weighted by molar-refractivity contribution is 5.93. The predicted octanol–water partition coefficient (Wildman–Crippen LogP) is 6.99. The SMILES string of the molecule is C=CC(=O)OCCCCCCOc1ccc(OC(=O)c2ccc(OC(=O)c3ccc(OCCCCOC(=O)C=C)cc3)c(C)c2)cc1. The first-order chi connectivity index (χ1) is 22.8. The monoisotopic (exact) mass is 644 g/mol. The van der Waals surface area contributed by atoms with E-state index in [1.54, 1.807) is 67.6 Å². The molecular weight excluding hydrogens is 604 g/mol. The average molecular weight is 645 g/mol. The molecule has 0 heterocycles. The van der Waals surface area contributed by atoms with Crippen LogP contribution in [0, 0.1) is 6.92 Å². The van der Waals surface area contributed by atoms with Crippen LogP contribution in [0.15, 0.2) is 92.0 Å². The van der Waals surface area contributed by atoms with E-state index in [9.17, 15) is 19.2 Å². The highest BCUT2D eigenvalue weighted by Crippen LogP contribution is 2.24. The molecule has 0 bridgehead atoms. The number of rotatable bonds is 20. The molecule has 248 valence electrons. The van der Waals surface area contributed by atoms with E-state index in [0.29, 0.717) is 79.0 Å². The molecule has 0 radical (unpaired) electrons. The summed E-state index contributed by atoms with van der Waals surface area (Å²) in [6, 6.07) is 18.0. The lowest BCUT2D eigenvalue weighted by atomic mass is 10.1. The third-order valence-electron chi connectivity index (χ3n) is 6.67. The summed E-state index contributed by atoms with van der Waals surface area (Å²) < 4.78 is 32.3. The van der Waals surface area contributed by atoms with Crippen molar-refractivity contribution in [3.8, 4) is 23.0 Å². The molecule has 10 heteroatoms. The summed E-state index contributed by atoms with van der Waals surface area (Å²) in [6.07, 6.45) is 7.16. The number of carbonyl (C=O) groups excluding carboxylic acids is 4. The second-order valence-electron chi connectivity index (χ2n) is 10.3. The average Bonchev–Trinajstić information content (AvgIpc) is 3.08. The standard InChI is InChI=1S/C37H40O10/c1-4-34(38)44-24-9-7-6-8-22-42-31-17-19-32(20-18-31)46-37(41)29-14-21-33(27(3)26-29)47-36(40)28-12-15-30(16-13-28)43-23-10-11-25-45-35(39)5-2/h4-5,12-21,26H,1-2,6-11,22-25H2,3H3. The molecule has 0 saturated heterocycles. The van der Waals surface area contributed by atoms with E-state index in [0.717, 1.165) is 37.8 Å². The highest BCUT2D eigenvalue weighted by Gasteiger charge is 2.15. The number of carbonyl (C=O) groups is 4. The molecule has 0 atom stereocenters. The Hall–Kier alpha value is -5.38. The molecule has 0 unspecified atom stereocenters. The van der Waals surface area contributed by atoms with E-state index in [2.05, 4.69) is 13.2 Å². The molecule has 3 rings (SSSR count). The Morgan fingerprint density at radius 1 is 0.553 bits per heavy atom. The van der Waals surface area contributed by atoms with Gasteiger partial charge in [-0.05, 0) is 118 Å². The summed E-state index contributed by atoms with van der Waals surface area (Å²) in [5, 5.41) is 0. The first kappa shape index (κ1) is 36.1. The minimum atomic E-state index is -0.549. The first-order valence-corrected chi connectivity index (χ1v) is 15.4. The quantitative estimate of drug-likeness (QED) is 0.0550. The first-order valence-electron chi connectivity index (χ1n) is 15.4. The summed E-state index contributed by atoms with van der Waals surface area (Å²) in [5.74, 6) is -0.00601. The van der Waals surface area contributed by atoms with Gasteiger partial charge in [-0.1, -0.05) is 13.2 Å². The fourth-order valence-electron chi connectivity index (χ4n) is 4.11. The van der Waals surface area contributed by atoms with E-state index < -0.39 is 23.9 Å². The smallest absolute Gasteiger partial charge is 0.343 e. The summed E-state index contributed by atoms with van der Waals surface area (Å²) in [7, 11) is 0. The van der Waals surface area contributed by atoms with Crippen LogP contribution in [0.5, 0.6) is 23.0 Å². The fourth-order valence-corrected chi connectivity index (χ4v) is 4.11. The predicted molar refractivity (Wildman–Crippen MR) is 175 cm³/mol. The highest BCUT2D eigenvalue weighted by atomic mass is 16.5. The molecule has 0 amide bonds. The maximum Gasteiger partial charge on any atom is 0.343 e. The number of ether oxygens (including phenoxy) is 6. The lowest BCUT2D eigenvalue weighted by Crippen LogP contribution is -2.11. The Labute approximate surface area is 274 Å². The van der Waals surface area contributed by atoms with Crippen LogP contribution in [0.3, 0.4) is 0 Å². The van der Waals surface area contributed by atoms with Crippen molar-refractivity contribution in [1.82, 2.24) is 0 Å². The molecule has 47 heavy (non-hydrogen) atoms. The Kier molecular flexibility index (Phi) is 15.3. The Bertz CT molecular complexity index is 1490. The van der Waals surface area contributed by atoms with Crippen molar-refractivity contribution in [3.05, 3.63) is 109 Å². The second-order valence-corrected chi connectivity index (χ2v) is 10.3. The van der Waals surface area contributed by atoms with Crippen molar-refractivity contribution in [3.63, 3.8) is 0 Å². The second kappa shape index (κ2) is 19.9. The van der Waals surface area contributed by atoms with Gasteiger partial charge in [0.15, 0.2) is 0 Å². The Morgan fingerprint density at radius 2 is 1.00 bits per heavy atom. The summed E-state index contributed by atoms with van der Waals surface area (Å²) in [4.78, 5) is 47.5. The van der Waals surface area contributed by atoms with Crippen LogP contribution in [-0.4, -0.2) is 50.3 Å². The lowest BCUT2D eigenvalue weighted by molar-refractivity contribution is -0.138. The van der Waals surface area contributed by atoms with E-state index >= 15 is 0 Å². The lowest BCUT2D eigenvalue weighted by Gasteiger charge is -2.11. The molecule has 0 aliphatic carbocycles. The van der Waals surface area contributed by atoms with Crippen LogP contribution in [0.4, 0.5) is 0 Å². The molecule has 3 aromatic carbocycles. The normalized spacial score (nSPS) is 10.3. The van der Waals surface area contributed by atoms with Crippen molar-refractivity contribution in [2.75, 3.05) is 26.4 Å². The van der Waals surface area contributed by atoms with Gasteiger partial charge in [0, 0.05) is 12.2 Å². The van der Waals surface area contributed by atoms with Crippen LogP contribution >= 0.6 is 0 Å². The van der Waals surface area contributed by atoms with E-state index in [1.165, 1.54) is 6.07 Å². The van der Waals surface area contributed by atoms with Gasteiger partial charge in [-0.15, -0.1) is 0 Å². The van der Waals surface area contributed by atoms with Gasteiger partial charge in [0.25, 0.3) is 0 Å². The number of aryl methyl sites for hydroxylation is 1. The molecule has 0 fully saturated rings. The van der Waals surface area contributed by atoms with Gasteiger partial charge in [0.2, 0.25) is 0 Å². The molecule has 0 aliphatic rings. The van der Waals surface area contributed by atoms with E-state index in [4.69, 9.17) is 28.4 Å². The number of hydrogen-bond acceptors (Lipinski definition) is 10. The third kappa shape index (κ3) is 13.2. The van der Waals surface area contributed by atoms with Gasteiger partial charge in [-0.25, -0.2) is 19.2 Å². The zero-order valence-electron chi connectivity index (χ0n) is 26.6. The van der Waals surface area contributed by atoms with Crippen LogP contribution < -0.4 is 18.9 Å². The van der Waals surface area contributed by atoms with Crippen molar-refractivity contribution < 1.29 is 47.6 Å². The zero-order chi connectivity index (χ0) is 33.9. The van der Waals surface area contributed by atoms with Gasteiger partial charge in [-0.2, -0.15) is 0 Å². The van der Waals surface area contributed by atoms with Gasteiger partial charge in [0.1, 0.15) is 23.0 Å². The molecule has 0 aromatic heterocycles. The summed E-state index contributed by atoms with van der Waals surface area (Å²) >= 11 is 0. The molecule has 10 nitrogen and oxygen atoms in total. The van der Waals surface area contributed by atoms with Crippen molar-refractivity contribution in [2.45, 2.75) is 45.4 Å².